The van der Waals surface area contributed by atoms with Gasteiger partial charge in [0.15, 0.2) is 11.6 Å². The van der Waals surface area contributed by atoms with Gasteiger partial charge < -0.3 is 19.7 Å². The summed E-state index contributed by atoms with van der Waals surface area (Å²) in [6, 6.07) is 7.96. The van der Waals surface area contributed by atoms with E-state index in [-0.39, 0.29) is 0 Å². The van der Waals surface area contributed by atoms with Crippen molar-refractivity contribution in [3.63, 3.8) is 0 Å². The molecule has 8 heteroatoms. The van der Waals surface area contributed by atoms with Crippen molar-refractivity contribution < 1.29 is 9.47 Å². The van der Waals surface area contributed by atoms with Crippen LogP contribution in [0.2, 0.25) is 0 Å². The minimum Gasteiger partial charge on any atom is -0.381 e. The number of piperidine rings is 2. The first-order chi connectivity index (χ1) is 16.0. The molecule has 2 bridgehead atoms. The summed E-state index contributed by atoms with van der Waals surface area (Å²) in [4.78, 5) is 2.32. The van der Waals surface area contributed by atoms with Crippen molar-refractivity contribution in [2.24, 2.45) is 11.8 Å². The second kappa shape index (κ2) is 8.60. The third-order valence-electron chi connectivity index (χ3n) is 7.39. The highest BCUT2D eigenvalue weighted by Gasteiger charge is 2.47. The molecular formula is C25H28ClN5O2. The lowest BCUT2D eigenvalue weighted by molar-refractivity contribution is -0.0816. The number of anilines is 2. The molecular weight excluding hydrogens is 438 g/mol. The van der Waals surface area contributed by atoms with Crippen LogP contribution in [-0.2, 0) is 9.47 Å². The molecule has 3 unspecified atom stereocenters. The van der Waals surface area contributed by atoms with Crippen LogP contribution in [0.25, 0.3) is 10.8 Å². The highest BCUT2D eigenvalue weighted by Crippen LogP contribution is 2.44. The summed E-state index contributed by atoms with van der Waals surface area (Å²) in [5.41, 5.74) is 1.19. The third kappa shape index (κ3) is 3.86. The van der Waals surface area contributed by atoms with E-state index in [4.69, 9.17) is 21.1 Å². The van der Waals surface area contributed by atoms with Gasteiger partial charge in [-0.15, -0.1) is 10.2 Å². The summed E-state index contributed by atoms with van der Waals surface area (Å²) < 4.78 is 11.2. The van der Waals surface area contributed by atoms with E-state index in [1.54, 1.807) is 14.2 Å². The van der Waals surface area contributed by atoms with Crippen molar-refractivity contribution in [3.8, 4) is 6.07 Å². The van der Waals surface area contributed by atoms with Crippen molar-refractivity contribution in [2.75, 3.05) is 44.1 Å². The van der Waals surface area contributed by atoms with Crippen LogP contribution in [0, 0.1) is 23.2 Å². The summed E-state index contributed by atoms with van der Waals surface area (Å²) in [5, 5.41) is 24.6. The van der Waals surface area contributed by atoms with E-state index in [0.717, 1.165) is 35.3 Å². The highest BCUT2D eigenvalue weighted by molar-refractivity contribution is 6.31. The maximum Gasteiger partial charge on any atom is 0.159 e. The number of hydrogen-bond acceptors (Lipinski definition) is 7. The normalized spacial score (nSPS) is 28.6. The second-order valence-electron chi connectivity index (χ2n) is 9.37. The smallest absolute Gasteiger partial charge is 0.159 e. The van der Waals surface area contributed by atoms with E-state index in [1.807, 2.05) is 31.2 Å². The van der Waals surface area contributed by atoms with E-state index in [1.165, 1.54) is 6.42 Å². The van der Waals surface area contributed by atoms with Gasteiger partial charge in [-0.05, 0) is 49.6 Å². The molecule has 3 atom stereocenters. The van der Waals surface area contributed by atoms with Crippen LogP contribution < -0.4 is 10.2 Å². The van der Waals surface area contributed by atoms with Crippen LogP contribution in [-0.4, -0.2) is 55.8 Å². The maximum absolute atomic E-state index is 9.46. The minimum atomic E-state index is -0.474. The number of fused-ring (bicyclic) bond motifs is 3. The van der Waals surface area contributed by atoms with Gasteiger partial charge in [0.2, 0.25) is 0 Å². The molecule has 2 aromatic rings. The molecule has 2 saturated heterocycles. The van der Waals surface area contributed by atoms with Crippen LogP contribution in [0.4, 0.5) is 11.6 Å². The van der Waals surface area contributed by atoms with Crippen molar-refractivity contribution >= 4 is 34.0 Å². The Morgan fingerprint density at radius 3 is 2.70 bits per heavy atom. The van der Waals surface area contributed by atoms with E-state index in [9.17, 15) is 5.26 Å². The molecule has 4 aliphatic rings. The number of rotatable bonds is 6. The summed E-state index contributed by atoms with van der Waals surface area (Å²) in [6.07, 6.45) is 6.35. The van der Waals surface area contributed by atoms with Gasteiger partial charge in [0.05, 0.1) is 22.8 Å². The molecule has 1 N–H and O–H groups in total. The Kier molecular flexibility index (Phi) is 5.77. The first-order valence-electron chi connectivity index (χ1n) is 11.3. The van der Waals surface area contributed by atoms with Gasteiger partial charge >= 0.3 is 0 Å². The van der Waals surface area contributed by atoms with Gasteiger partial charge in [0, 0.05) is 56.5 Å². The number of halogens is 1. The van der Waals surface area contributed by atoms with Crippen LogP contribution in [0.15, 0.2) is 41.0 Å². The first kappa shape index (κ1) is 22.1. The molecule has 1 aromatic heterocycles. The number of nitrogens with one attached hydrogen (secondary N) is 1. The van der Waals surface area contributed by atoms with Crippen molar-refractivity contribution in [2.45, 2.75) is 31.5 Å². The molecule has 0 spiro atoms. The van der Waals surface area contributed by atoms with E-state index >= 15 is 0 Å². The zero-order chi connectivity index (χ0) is 23.2. The van der Waals surface area contributed by atoms with Gasteiger partial charge in [-0.2, -0.15) is 5.26 Å². The molecule has 6 rings (SSSR count). The van der Waals surface area contributed by atoms with Crippen molar-refractivity contribution in [1.29, 1.82) is 5.26 Å². The first-order valence-corrected chi connectivity index (χ1v) is 11.7. The fourth-order valence-corrected chi connectivity index (χ4v) is 5.56. The Labute approximate surface area is 199 Å². The fourth-order valence-electron chi connectivity index (χ4n) is 5.26. The van der Waals surface area contributed by atoms with Crippen LogP contribution in [0.1, 0.15) is 25.3 Å². The quantitative estimate of drug-likeness (QED) is 0.682. The number of ether oxygens (including phenoxy) is 2. The number of nitrogens with zero attached hydrogens (tertiary/aromatic N) is 4. The highest BCUT2D eigenvalue weighted by atomic mass is 35.5. The number of aromatic nitrogens is 2. The molecule has 3 heterocycles. The van der Waals surface area contributed by atoms with Gasteiger partial charge in [-0.25, -0.2) is 0 Å². The Hall–Kier alpha value is -2.66. The van der Waals surface area contributed by atoms with Crippen molar-refractivity contribution in [3.05, 3.63) is 46.5 Å². The average Bonchev–Trinajstić information content (AvgIpc) is 2.84. The monoisotopic (exact) mass is 465 g/mol. The predicted octanol–water partition coefficient (Wildman–Crippen LogP) is 4.24. The molecule has 0 radical (unpaired) electrons. The molecule has 1 saturated carbocycles. The summed E-state index contributed by atoms with van der Waals surface area (Å²) in [6.45, 7) is 4.37. The molecule has 172 valence electrons. The molecule has 3 fully saturated rings. The third-order valence-corrected chi connectivity index (χ3v) is 7.90. The summed E-state index contributed by atoms with van der Waals surface area (Å²) in [5.74, 6) is 2.61. The van der Waals surface area contributed by atoms with Crippen LogP contribution in [0.3, 0.4) is 0 Å². The zero-order valence-corrected chi connectivity index (χ0v) is 19.9. The Morgan fingerprint density at radius 1 is 1.24 bits per heavy atom. The molecule has 2 aliphatic carbocycles. The lowest BCUT2D eigenvalue weighted by atomic mass is 9.68. The largest absolute Gasteiger partial charge is 0.381 e. The number of nitriles is 1. The predicted molar refractivity (Wildman–Crippen MR) is 129 cm³/mol. The average molecular weight is 466 g/mol. The number of hydrogen-bond donors (Lipinski definition) is 1. The topological polar surface area (TPSA) is 83.3 Å². The fraction of sp³-hybridized carbons (Fsp3) is 0.480. The lowest BCUT2D eigenvalue weighted by Gasteiger charge is -2.53. The SMILES string of the molecule is COC1C2CC1CN(c1nnc(NCC3=CCC(C)(OC)C(Cl)=C3)c3cc(C#N)ccc13)C2. The minimum absolute atomic E-state index is 0.357. The molecule has 1 aromatic carbocycles. The number of methoxy groups -OCH3 is 2. The van der Waals surface area contributed by atoms with Gasteiger partial charge in [-0.1, -0.05) is 17.7 Å². The van der Waals surface area contributed by atoms with Gasteiger partial charge in [0.25, 0.3) is 0 Å². The van der Waals surface area contributed by atoms with Crippen molar-refractivity contribution in [1.82, 2.24) is 10.2 Å². The molecule has 0 amide bonds. The molecule has 2 aliphatic heterocycles. The Bertz CT molecular complexity index is 1180. The van der Waals surface area contributed by atoms with E-state index in [0.29, 0.717) is 47.3 Å². The van der Waals surface area contributed by atoms with Crippen LogP contribution in [0.5, 0.6) is 0 Å². The summed E-state index contributed by atoms with van der Waals surface area (Å²) >= 11 is 6.47. The van der Waals surface area contributed by atoms with Crippen LogP contribution >= 0.6 is 11.6 Å². The van der Waals surface area contributed by atoms with Gasteiger partial charge in [-0.3, -0.25) is 0 Å². The Morgan fingerprint density at radius 2 is 2.03 bits per heavy atom. The van der Waals surface area contributed by atoms with Gasteiger partial charge in [0.1, 0.15) is 5.60 Å². The van der Waals surface area contributed by atoms with E-state index in [2.05, 4.69) is 32.6 Å². The van der Waals surface area contributed by atoms with E-state index < -0.39 is 5.60 Å². The summed E-state index contributed by atoms with van der Waals surface area (Å²) in [7, 11) is 3.48. The number of benzene rings is 1. The Balaban J connectivity index is 1.41. The lowest BCUT2D eigenvalue weighted by Crippen LogP contribution is -2.59. The standard InChI is InChI=1S/C25H28ClN5O2/c1-25(33-3)7-6-16(9-21(25)26)12-28-23-20-8-15(11-27)4-5-19(20)24(30-29-23)31-13-17-10-18(14-31)22(17)32-2/h4-6,8-9,17-18,22H,7,10,12-14H2,1-3H3,(H,28,29). The molecule has 7 nitrogen and oxygen atoms in total. The molecule has 33 heavy (non-hydrogen) atoms. The second-order valence-corrected chi connectivity index (χ2v) is 9.78. The zero-order valence-electron chi connectivity index (χ0n) is 19.1. The maximum atomic E-state index is 9.46.